The number of nitrogens with one attached hydrogen (secondary N) is 1. The molecule has 0 unspecified atom stereocenters. The summed E-state index contributed by atoms with van der Waals surface area (Å²) in [7, 11) is 0. The van der Waals surface area contributed by atoms with E-state index in [-0.39, 0.29) is 11.8 Å². The Morgan fingerprint density at radius 1 is 1.31 bits per heavy atom. The fourth-order valence-corrected chi connectivity index (χ4v) is 3.56. The number of halogens is 1. The van der Waals surface area contributed by atoms with Crippen LogP contribution in [-0.2, 0) is 14.3 Å². The fourth-order valence-electron chi connectivity index (χ4n) is 3.44. The average molecular weight is 380 g/mol. The van der Waals surface area contributed by atoms with E-state index in [1.54, 1.807) is 11.0 Å². The molecular weight excluding hydrogens is 354 g/mol. The van der Waals surface area contributed by atoms with E-state index in [9.17, 15) is 9.59 Å². The average Bonchev–Trinajstić information content (AvgIpc) is 3.03. The molecule has 0 aromatic heterocycles. The van der Waals surface area contributed by atoms with Crippen LogP contribution in [0.1, 0.15) is 18.4 Å². The van der Waals surface area contributed by atoms with Crippen molar-refractivity contribution in [3.05, 3.63) is 28.8 Å². The van der Waals surface area contributed by atoms with E-state index in [4.69, 9.17) is 16.3 Å². The highest BCUT2D eigenvalue weighted by Gasteiger charge is 2.37. The maximum atomic E-state index is 12.6. The molecule has 2 saturated heterocycles. The third kappa shape index (κ3) is 4.55. The van der Waals surface area contributed by atoms with Gasteiger partial charge in [0.05, 0.1) is 13.2 Å². The Bertz CT molecular complexity index is 661. The number of carbonyl (C=O) groups is 2. The number of hydrogen-bond acceptors (Lipinski definition) is 4. The second-order valence-corrected chi connectivity index (χ2v) is 7.27. The first kappa shape index (κ1) is 19.1. The van der Waals surface area contributed by atoms with Gasteiger partial charge in [-0.25, -0.2) is 0 Å². The van der Waals surface area contributed by atoms with Crippen LogP contribution in [0.25, 0.3) is 0 Å². The fraction of sp³-hybridized carbons (Fsp3) is 0.579. The lowest BCUT2D eigenvalue weighted by Crippen LogP contribution is -2.40. The van der Waals surface area contributed by atoms with Gasteiger partial charge in [0.15, 0.2) is 0 Å². The minimum absolute atomic E-state index is 0.127. The zero-order chi connectivity index (χ0) is 18.5. The predicted octanol–water partition coefficient (Wildman–Crippen LogP) is 1.84. The summed E-state index contributed by atoms with van der Waals surface area (Å²) in [6, 6.07) is 5.51. The molecule has 1 aromatic rings. The molecule has 26 heavy (non-hydrogen) atoms. The molecule has 1 N–H and O–H groups in total. The first-order valence-electron chi connectivity index (χ1n) is 9.21. The van der Waals surface area contributed by atoms with E-state index in [1.165, 1.54) is 0 Å². The van der Waals surface area contributed by atoms with Crippen molar-refractivity contribution in [2.75, 3.05) is 50.8 Å². The molecule has 142 valence electrons. The van der Waals surface area contributed by atoms with Crippen LogP contribution in [0.3, 0.4) is 0 Å². The molecule has 0 spiro atoms. The summed E-state index contributed by atoms with van der Waals surface area (Å²) in [4.78, 5) is 29.0. The number of morpholine rings is 1. The Morgan fingerprint density at radius 2 is 2.08 bits per heavy atom. The number of nitrogens with zero attached hydrogens (tertiary/aromatic N) is 2. The SMILES string of the molecule is Cc1cc(N2CC[C@@H](C(=O)NCCCN3CCOCC3)C2=O)ccc1Cl. The van der Waals surface area contributed by atoms with Gasteiger partial charge in [0, 0.05) is 36.9 Å². The van der Waals surface area contributed by atoms with Crippen LogP contribution >= 0.6 is 11.6 Å². The second-order valence-electron chi connectivity index (χ2n) is 6.86. The van der Waals surface area contributed by atoms with Crippen molar-refractivity contribution in [2.45, 2.75) is 19.8 Å². The minimum atomic E-state index is -0.589. The number of benzene rings is 1. The maximum absolute atomic E-state index is 12.6. The van der Waals surface area contributed by atoms with Gasteiger partial charge in [-0.1, -0.05) is 11.6 Å². The summed E-state index contributed by atoms with van der Waals surface area (Å²) >= 11 is 6.05. The Kier molecular flexibility index (Phi) is 6.51. The maximum Gasteiger partial charge on any atom is 0.239 e. The van der Waals surface area contributed by atoms with Gasteiger partial charge in [-0.3, -0.25) is 14.5 Å². The van der Waals surface area contributed by atoms with Crippen LogP contribution in [0.5, 0.6) is 0 Å². The van der Waals surface area contributed by atoms with Crippen molar-refractivity contribution < 1.29 is 14.3 Å². The van der Waals surface area contributed by atoms with Gasteiger partial charge >= 0.3 is 0 Å². The van der Waals surface area contributed by atoms with Gasteiger partial charge in [0.1, 0.15) is 5.92 Å². The van der Waals surface area contributed by atoms with Crippen LogP contribution in [0.2, 0.25) is 5.02 Å². The lowest BCUT2D eigenvalue weighted by molar-refractivity contribution is -0.132. The highest BCUT2D eigenvalue weighted by Crippen LogP contribution is 2.28. The largest absolute Gasteiger partial charge is 0.379 e. The zero-order valence-corrected chi connectivity index (χ0v) is 15.9. The molecule has 1 atom stereocenters. The molecule has 2 aliphatic heterocycles. The molecule has 3 rings (SSSR count). The molecule has 1 aromatic carbocycles. The van der Waals surface area contributed by atoms with Crippen molar-refractivity contribution in [1.82, 2.24) is 10.2 Å². The number of ether oxygens (including phenoxy) is 1. The molecule has 7 heteroatoms. The van der Waals surface area contributed by atoms with Gasteiger partial charge in [-0.2, -0.15) is 0 Å². The Labute approximate surface area is 159 Å². The molecule has 2 amide bonds. The molecule has 0 saturated carbocycles. The number of carbonyl (C=O) groups excluding carboxylic acids is 2. The summed E-state index contributed by atoms with van der Waals surface area (Å²) in [6.07, 6.45) is 1.43. The van der Waals surface area contributed by atoms with Crippen molar-refractivity contribution in [2.24, 2.45) is 5.92 Å². The minimum Gasteiger partial charge on any atom is -0.379 e. The number of rotatable bonds is 6. The molecule has 2 fully saturated rings. The third-order valence-corrected chi connectivity index (χ3v) is 5.45. The van der Waals surface area contributed by atoms with Gasteiger partial charge in [-0.05, 0) is 50.1 Å². The van der Waals surface area contributed by atoms with E-state index < -0.39 is 5.92 Å². The quantitative estimate of drug-likeness (QED) is 0.605. The van der Waals surface area contributed by atoms with E-state index >= 15 is 0 Å². The van der Waals surface area contributed by atoms with E-state index in [0.29, 0.717) is 24.5 Å². The number of amides is 2. The van der Waals surface area contributed by atoms with Crippen molar-refractivity contribution in [3.63, 3.8) is 0 Å². The molecule has 2 aliphatic rings. The van der Waals surface area contributed by atoms with Crippen LogP contribution in [0.4, 0.5) is 5.69 Å². The zero-order valence-electron chi connectivity index (χ0n) is 15.2. The molecule has 0 radical (unpaired) electrons. The summed E-state index contributed by atoms with van der Waals surface area (Å²) in [5.74, 6) is -0.878. The summed E-state index contributed by atoms with van der Waals surface area (Å²) in [5, 5.41) is 3.60. The lowest BCUT2D eigenvalue weighted by Gasteiger charge is -2.26. The van der Waals surface area contributed by atoms with Crippen molar-refractivity contribution >= 4 is 29.1 Å². The van der Waals surface area contributed by atoms with Crippen molar-refractivity contribution in [1.29, 1.82) is 0 Å². The van der Waals surface area contributed by atoms with Crippen molar-refractivity contribution in [3.8, 4) is 0 Å². The summed E-state index contributed by atoms with van der Waals surface area (Å²) in [6.45, 7) is 7.47. The number of hydrogen-bond donors (Lipinski definition) is 1. The van der Waals surface area contributed by atoms with Gasteiger partial charge in [0.25, 0.3) is 0 Å². The smallest absolute Gasteiger partial charge is 0.239 e. The molecule has 2 heterocycles. The van der Waals surface area contributed by atoms with Crippen LogP contribution < -0.4 is 10.2 Å². The van der Waals surface area contributed by atoms with E-state index in [0.717, 1.165) is 50.5 Å². The van der Waals surface area contributed by atoms with E-state index in [1.807, 2.05) is 19.1 Å². The van der Waals surface area contributed by atoms with Gasteiger partial charge < -0.3 is 15.0 Å². The van der Waals surface area contributed by atoms with Crippen LogP contribution in [0.15, 0.2) is 18.2 Å². The first-order valence-corrected chi connectivity index (χ1v) is 9.59. The molecule has 0 bridgehead atoms. The first-order chi connectivity index (χ1) is 12.6. The number of anilines is 1. The monoisotopic (exact) mass is 379 g/mol. The predicted molar refractivity (Wildman–Crippen MR) is 102 cm³/mol. The summed E-state index contributed by atoms with van der Waals surface area (Å²) < 4.78 is 5.32. The number of aryl methyl sites for hydroxylation is 1. The van der Waals surface area contributed by atoms with Crippen LogP contribution in [-0.4, -0.2) is 62.7 Å². The van der Waals surface area contributed by atoms with Gasteiger partial charge in [-0.15, -0.1) is 0 Å². The normalized spacial score (nSPS) is 21.2. The molecular formula is C19H26ClN3O3. The molecule has 0 aliphatic carbocycles. The Morgan fingerprint density at radius 3 is 2.81 bits per heavy atom. The standard InChI is InChI=1S/C19H26ClN3O3/c1-14-13-15(3-4-17(14)20)23-8-5-16(19(23)25)18(24)21-6-2-7-22-9-11-26-12-10-22/h3-4,13,16H,2,5-12H2,1H3,(H,21,24)/t16-/m0/s1. The molecule has 6 nitrogen and oxygen atoms in total. The Balaban J connectivity index is 1.46. The van der Waals surface area contributed by atoms with Crippen LogP contribution in [0, 0.1) is 12.8 Å². The summed E-state index contributed by atoms with van der Waals surface area (Å²) in [5.41, 5.74) is 1.73. The highest BCUT2D eigenvalue weighted by molar-refractivity contribution is 6.31. The lowest BCUT2D eigenvalue weighted by atomic mass is 10.1. The highest BCUT2D eigenvalue weighted by atomic mass is 35.5. The third-order valence-electron chi connectivity index (χ3n) is 5.03. The topological polar surface area (TPSA) is 61.9 Å². The van der Waals surface area contributed by atoms with E-state index in [2.05, 4.69) is 10.2 Å². The van der Waals surface area contributed by atoms with Gasteiger partial charge in [0.2, 0.25) is 11.8 Å². The second kappa shape index (κ2) is 8.84. The Hall–Kier alpha value is -1.63.